The van der Waals surface area contributed by atoms with Gasteiger partial charge in [-0.3, -0.25) is 9.59 Å². The van der Waals surface area contributed by atoms with E-state index in [1.165, 1.54) is 12.1 Å². The molecule has 0 unspecified atom stereocenters. The number of nitrogens with one attached hydrogen (secondary N) is 2. The summed E-state index contributed by atoms with van der Waals surface area (Å²) in [5.41, 5.74) is 1.56. The van der Waals surface area contributed by atoms with Crippen LogP contribution in [0.3, 0.4) is 0 Å². The average Bonchev–Trinajstić information content (AvgIpc) is 3.08. The predicted octanol–water partition coefficient (Wildman–Crippen LogP) is 8.95. The Morgan fingerprint density at radius 1 is 0.391 bits per heavy atom. The minimum Gasteiger partial charge on any atom is -0.507 e. The quantitative estimate of drug-likeness (QED) is 0.127. The van der Waals surface area contributed by atoms with Crippen molar-refractivity contribution in [2.45, 2.75) is 0 Å². The van der Waals surface area contributed by atoms with Crippen molar-refractivity contribution < 1.29 is 29.3 Å². The van der Waals surface area contributed by atoms with Crippen LogP contribution in [0, 0.1) is 0 Å². The number of ether oxygens (including phenoxy) is 2. The molecule has 224 valence electrons. The van der Waals surface area contributed by atoms with Crippen LogP contribution in [0.4, 0.5) is 22.7 Å². The van der Waals surface area contributed by atoms with Crippen molar-refractivity contribution in [2.24, 2.45) is 0 Å². The lowest BCUT2D eigenvalue weighted by molar-refractivity contribution is 0.0975. The van der Waals surface area contributed by atoms with Crippen molar-refractivity contribution in [1.82, 2.24) is 0 Å². The van der Waals surface area contributed by atoms with Crippen LogP contribution in [0.2, 0.25) is 0 Å². The molecule has 6 aromatic rings. The first-order valence-corrected chi connectivity index (χ1v) is 14.5. The van der Waals surface area contributed by atoms with Crippen molar-refractivity contribution in [3.8, 4) is 34.5 Å². The summed E-state index contributed by atoms with van der Waals surface area (Å²) in [4.78, 5) is 28.0. The Morgan fingerprint density at radius 3 is 1.13 bits per heavy atom. The van der Waals surface area contributed by atoms with Crippen LogP contribution in [-0.2, 0) is 0 Å². The molecular formula is C38H26N2O6. The van der Waals surface area contributed by atoms with Gasteiger partial charge < -0.3 is 30.3 Å². The summed E-state index contributed by atoms with van der Waals surface area (Å²) in [6.07, 6.45) is 0. The molecule has 1 aliphatic rings. The van der Waals surface area contributed by atoms with Gasteiger partial charge in [0, 0.05) is 11.4 Å². The molecule has 0 fully saturated rings. The van der Waals surface area contributed by atoms with Gasteiger partial charge in [0.2, 0.25) is 5.78 Å². The Hall–Kier alpha value is -6.54. The van der Waals surface area contributed by atoms with E-state index in [0.29, 0.717) is 45.7 Å². The molecule has 0 saturated heterocycles. The summed E-state index contributed by atoms with van der Waals surface area (Å²) in [5, 5.41) is 27.9. The molecule has 0 aliphatic heterocycles. The molecule has 0 radical (unpaired) electrons. The lowest BCUT2D eigenvalue weighted by atomic mass is 9.81. The van der Waals surface area contributed by atoms with Crippen LogP contribution in [0.5, 0.6) is 34.5 Å². The molecule has 0 spiro atoms. The summed E-state index contributed by atoms with van der Waals surface area (Å²) >= 11 is 0. The van der Waals surface area contributed by atoms with Gasteiger partial charge in [0.15, 0.2) is 5.78 Å². The topological polar surface area (TPSA) is 117 Å². The lowest BCUT2D eigenvalue weighted by Gasteiger charge is -2.24. The summed E-state index contributed by atoms with van der Waals surface area (Å²) in [6.45, 7) is 0. The van der Waals surface area contributed by atoms with Gasteiger partial charge in [-0.05, 0) is 97.1 Å². The number of para-hydroxylation sites is 2. The minimum atomic E-state index is -0.662. The van der Waals surface area contributed by atoms with Crippen molar-refractivity contribution in [2.75, 3.05) is 10.6 Å². The molecule has 7 rings (SSSR count). The standard InChI is InChI=1S/C38H26N2O6/c41-31-21-19-29(39-23-11-15-27(16-12-23)45-25-7-3-1-4-8-25)33-35(31)38(44)36-32(42)22-20-30(34(36)37(33)43)40-24-13-17-28(18-14-24)46-26-9-5-2-6-10-26/h1-22,39-42H. The molecule has 0 heterocycles. The number of benzene rings is 6. The molecule has 0 aromatic heterocycles. The fourth-order valence-corrected chi connectivity index (χ4v) is 5.35. The first-order valence-electron chi connectivity index (χ1n) is 14.5. The number of rotatable bonds is 8. The van der Waals surface area contributed by atoms with Gasteiger partial charge in [0.1, 0.15) is 34.5 Å². The number of anilines is 4. The second kappa shape index (κ2) is 11.9. The molecular weight excluding hydrogens is 580 g/mol. The van der Waals surface area contributed by atoms with Gasteiger partial charge in [0.25, 0.3) is 0 Å². The Morgan fingerprint density at radius 2 is 0.739 bits per heavy atom. The minimum absolute atomic E-state index is 0.00220. The number of carbonyl (C=O) groups excluding carboxylic acids is 2. The molecule has 8 heteroatoms. The second-order valence-electron chi connectivity index (χ2n) is 10.6. The van der Waals surface area contributed by atoms with Crippen molar-refractivity contribution in [1.29, 1.82) is 0 Å². The van der Waals surface area contributed by atoms with Crippen LogP contribution >= 0.6 is 0 Å². The molecule has 6 aromatic carbocycles. The van der Waals surface area contributed by atoms with E-state index >= 15 is 0 Å². The smallest absolute Gasteiger partial charge is 0.202 e. The zero-order chi connectivity index (χ0) is 31.6. The number of fused-ring (bicyclic) bond motifs is 2. The number of hydrogen-bond donors (Lipinski definition) is 4. The van der Waals surface area contributed by atoms with E-state index in [0.717, 1.165) is 0 Å². The summed E-state index contributed by atoms with van der Waals surface area (Å²) in [7, 11) is 0. The van der Waals surface area contributed by atoms with E-state index in [-0.39, 0.29) is 33.8 Å². The highest BCUT2D eigenvalue weighted by atomic mass is 16.5. The van der Waals surface area contributed by atoms with Gasteiger partial charge in [-0.1, -0.05) is 36.4 Å². The van der Waals surface area contributed by atoms with Crippen molar-refractivity contribution in [3.05, 3.63) is 156 Å². The van der Waals surface area contributed by atoms with Crippen LogP contribution < -0.4 is 20.1 Å². The van der Waals surface area contributed by atoms with Gasteiger partial charge in [-0.2, -0.15) is 0 Å². The second-order valence-corrected chi connectivity index (χ2v) is 10.6. The molecule has 0 bridgehead atoms. The Kier molecular flexibility index (Phi) is 7.28. The number of phenols is 2. The fourth-order valence-electron chi connectivity index (χ4n) is 5.35. The largest absolute Gasteiger partial charge is 0.507 e. The number of carbonyl (C=O) groups is 2. The maximum Gasteiger partial charge on any atom is 0.202 e. The van der Waals surface area contributed by atoms with E-state index in [1.54, 1.807) is 60.7 Å². The van der Waals surface area contributed by atoms with Crippen molar-refractivity contribution in [3.63, 3.8) is 0 Å². The highest BCUT2D eigenvalue weighted by molar-refractivity contribution is 6.33. The number of phenolic OH excluding ortho intramolecular Hbond substituents is 2. The number of aromatic hydroxyl groups is 2. The number of hydrogen-bond acceptors (Lipinski definition) is 8. The van der Waals surface area contributed by atoms with E-state index in [4.69, 9.17) is 9.47 Å². The SMILES string of the molecule is O=C1c2c(O)ccc(Nc3ccc(Oc4ccccc4)cc3)c2C(=O)c2c(Nc3ccc(Oc4ccccc4)cc3)ccc(O)c21. The zero-order valence-corrected chi connectivity index (χ0v) is 24.2. The van der Waals surface area contributed by atoms with Crippen LogP contribution in [0.1, 0.15) is 31.8 Å². The third kappa shape index (κ3) is 5.46. The number of ketones is 2. The lowest BCUT2D eigenvalue weighted by Crippen LogP contribution is -2.23. The van der Waals surface area contributed by atoms with Crippen LogP contribution in [-0.4, -0.2) is 21.8 Å². The Balaban J connectivity index is 1.18. The molecule has 0 amide bonds. The monoisotopic (exact) mass is 606 g/mol. The fraction of sp³-hybridized carbons (Fsp3) is 0. The van der Waals surface area contributed by atoms with Crippen LogP contribution in [0.15, 0.2) is 133 Å². The first kappa shape index (κ1) is 28.2. The maximum absolute atomic E-state index is 14.2. The van der Waals surface area contributed by atoms with Gasteiger partial charge in [0.05, 0.1) is 33.6 Å². The zero-order valence-electron chi connectivity index (χ0n) is 24.2. The molecule has 1 aliphatic carbocycles. The molecule has 8 nitrogen and oxygen atoms in total. The van der Waals surface area contributed by atoms with Crippen LogP contribution in [0.25, 0.3) is 0 Å². The van der Waals surface area contributed by atoms with Gasteiger partial charge in [-0.25, -0.2) is 0 Å². The molecule has 4 N–H and O–H groups in total. The van der Waals surface area contributed by atoms with Gasteiger partial charge in [-0.15, -0.1) is 0 Å². The maximum atomic E-state index is 14.2. The average molecular weight is 607 g/mol. The molecule has 0 atom stereocenters. The molecule has 0 saturated carbocycles. The van der Waals surface area contributed by atoms with Crippen molar-refractivity contribution >= 4 is 34.3 Å². The molecule has 46 heavy (non-hydrogen) atoms. The summed E-state index contributed by atoms with van der Waals surface area (Å²) in [5.74, 6) is 0.724. The summed E-state index contributed by atoms with van der Waals surface area (Å²) < 4.78 is 11.7. The van der Waals surface area contributed by atoms with E-state index in [9.17, 15) is 19.8 Å². The first-order chi connectivity index (χ1) is 22.4. The van der Waals surface area contributed by atoms with E-state index in [2.05, 4.69) is 10.6 Å². The Labute approximate surface area is 264 Å². The highest BCUT2D eigenvalue weighted by Gasteiger charge is 2.38. The van der Waals surface area contributed by atoms with Gasteiger partial charge >= 0.3 is 0 Å². The third-order valence-corrected chi connectivity index (χ3v) is 7.50. The normalized spacial score (nSPS) is 11.7. The third-order valence-electron chi connectivity index (χ3n) is 7.50. The van der Waals surface area contributed by atoms with E-state index in [1.807, 2.05) is 60.7 Å². The van der Waals surface area contributed by atoms with E-state index < -0.39 is 11.6 Å². The predicted molar refractivity (Wildman–Crippen MR) is 176 cm³/mol. The highest BCUT2D eigenvalue weighted by Crippen LogP contribution is 2.43. The Bertz CT molecular complexity index is 1930. The summed E-state index contributed by atoms with van der Waals surface area (Å²) in [6, 6.07) is 38.8.